The molecule has 4 heteroatoms. The zero-order valence-corrected chi connectivity index (χ0v) is 15.1. The van der Waals surface area contributed by atoms with E-state index in [2.05, 4.69) is 24.5 Å². The van der Waals surface area contributed by atoms with Crippen LogP contribution < -0.4 is 10.6 Å². The summed E-state index contributed by atoms with van der Waals surface area (Å²) in [5, 5.41) is 5.79. The monoisotopic (exact) mass is 338 g/mol. The summed E-state index contributed by atoms with van der Waals surface area (Å²) in [4.78, 5) is 24.5. The van der Waals surface area contributed by atoms with Crippen LogP contribution in [0.1, 0.15) is 52.1 Å². The van der Waals surface area contributed by atoms with E-state index in [1.165, 1.54) is 0 Å². The van der Waals surface area contributed by atoms with E-state index in [0.29, 0.717) is 30.1 Å². The van der Waals surface area contributed by atoms with E-state index in [9.17, 15) is 9.59 Å². The fraction of sp³-hybridized carbons (Fsp3) is 0.333. The molecule has 0 aliphatic carbocycles. The highest BCUT2D eigenvalue weighted by atomic mass is 16.2. The summed E-state index contributed by atoms with van der Waals surface area (Å²) >= 11 is 0. The SMILES string of the molecule is Cc1cccc(CNC(=O)c2cccc(C(=O)NCCC(C)C)c2)c1. The van der Waals surface area contributed by atoms with E-state index < -0.39 is 0 Å². The van der Waals surface area contributed by atoms with Gasteiger partial charge in [0.15, 0.2) is 0 Å². The van der Waals surface area contributed by atoms with Gasteiger partial charge in [-0.25, -0.2) is 0 Å². The number of nitrogens with one attached hydrogen (secondary N) is 2. The van der Waals surface area contributed by atoms with Gasteiger partial charge in [-0.15, -0.1) is 0 Å². The van der Waals surface area contributed by atoms with Gasteiger partial charge in [-0.3, -0.25) is 9.59 Å². The van der Waals surface area contributed by atoms with Crippen molar-refractivity contribution < 1.29 is 9.59 Å². The molecule has 0 unspecified atom stereocenters. The molecule has 0 radical (unpaired) electrons. The third kappa shape index (κ3) is 6.07. The lowest BCUT2D eigenvalue weighted by Crippen LogP contribution is -2.26. The lowest BCUT2D eigenvalue weighted by molar-refractivity contribution is 0.0950. The number of hydrogen-bond donors (Lipinski definition) is 2. The third-order valence-corrected chi connectivity index (χ3v) is 3.93. The first-order chi connectivity index (χ1) is 12.0. The van der Waals surface area contributed by atoms with Crippen LogP contribution in [0.5, 0.6) is 0 Å². The zero-order valence-electron chi connectivity index (χ0n) is 15.1. The maximum Gasteiger partial charge on any atom is 0.251 e. The lowest BCUT2D eigenvalue weighted by Gasteiger charge is -2.09. The van der Waals surface area contributed by atoms with Gasteiger partial charge in [0.05, 0.1) is 0 Å². The highest BCUT2D eigenvalue weighted by Gasteiger charge is 2.10. The molecule has 0 aliphatic rings. The summed E-state index contributed by atoms with van der Waals surface area (Å²) in [6.45, 7) is 7.36. The van der Waals surface area contributed by atoms with Crippen LogP contribution in [0.25, 0.3) is 0 Å². The van der Waals surface area contributed by atoms with Crippen molar-refractivity contribution in [3.63, 3.8) is 0 Å². The average Bonchev–Trinajstić information content (AvgIpc) is 2.59. The van der Waals surface area contributed by atoms with E-state index in [0.717, 1.165) is 17.5 Å². The maximum absolute atomic E-state index is 12.3. The molecule has 132 valence electrons. The molecule has 0 heterocycles. The molecule has 2 amide bonds. The summed E-state index contributed by atoms with van der Waals surface area (Å²) < 4.78 is 0. The first kappa shape index (κ1) is 18.7. The Morgan fingerprint density at radius 2 is 1.56 bits per heavy atom. The number of hydrogen-bond acceptors (Lipinski definition) is 2. The minimum atomic E-state index is -0.182. The van der Waals surface area contributed by atoms with Crippen LogP contribution in [0.3, 0.4) is 0 Å². The molecule has 2 aromatic rings. The Labute approximate surface area is 149 Å². The number of amides is 2. The largest absolute Gasteiger partial charge is 0.352 e. The van der Waals surface area contributed by atoms with Crippen LogP contribution in [0.4, 0.5) is 0 Å². The van der Waals surface area contributed by atoms with Crippen LogP contribution in [0.2, 0.25) is 0 Å². The number of rotatable bonds is 7. The summed E-state index contributed by atoms with van der Waals surface area (Å²) in [6.07, 6.45) is 0.933. The van der Waals surface area contributed by atoms with Gasteiger partial charge in [0.2, 0.25) is 0 Å². The van der Waals surface area contributed by atoms with Crippen LogP contribution in [-0.2, 0) is 6.54 Å². The molecular formula is C21H26N2O2. The zero-order chi connectivity index (χ0) is 18.2. The van der Waals surface area contributed by atoms with E-state index in [1.54, 1.807) is 24.3 Å². The van der Waals surface area contributed by atoms with Gasteiger partial charge in [0.25, 0.3) is 11.8 Å². The molecule has 0 atom stereocenters. The van der Waals surface area contributed by atoms with E-state index in [4.69, 9.17) is 0 Å². The fourth-order valence-electron chi connectivity index (χ4n) is 2.48. The minimum Gasteiger partial charge on any atom is -0.352 e. The van der Waals surface area contributed by atoms with E-state index in [1.807, 2.05) is 31.2 Å². The second-order valence-electron chi connectivity index (χ2n) is 6.69. The summed E-state index contributed by atoms with van der Waals surface area (Å²) in [5.74, 6) is 0.214. The highest BCUT2D eigenvalue weighted by Crippen LogP contribution is 2.08. The quantitative estimate of drug-likeness (QED) is 0.809. The van der Waals surface area contributed by atoms with Gasteiger partial charge in [-0.2, -0.15) is 0 Å². The van der Waals surface area contributed by atoms with Gasteiger partial charge in [0.1, 0.15) is 0 Å². The number of aryl methyl sites for hydroxylation is 1. The van der Waals surface area contributed by atoms with Crippen LogP contribution in [0, 0.1) is 12.8 Å². The number of carbonyl (C=O) groups excluding carboxylic acids is 2. The van der Waals surface area contributed by atoms with Crippen molar-refractivity contribution in [2.45, 2.75) is 33.7 Å². The van der Waals surface area contributed by atoms with Gasteiger partial charge in [-0.1, -0.05) is 49.7 Å². The molecule has 0 saturated carbocycles. The molecular weight excluding hydrogens is 312 g/mol. The molecule has 25 heavy (non-hydrogen) atoms. The van der Waals surface area contributed by atoms with Crippen molar-refractivity contribution in [3.8, 4) is 0 Å². The molecule has 2 aromatic carbocycles. The first-order valence-electron chi connectivity index (χ1n) is 8.67. The van der Waals surface area contributed by atoms with Gasteiger partial charge < -0.3 is 10.6 Å². The Hall–Kier alpha value is -2.62. The van der Waals surface area contributed by atoms with E-state index in [-0.39, 0.29) is 11.8 Å². The standard InChI is InChI=1S/C21H26N2O2/c1-15(2)10-11-22-20(24)18-8-5-9-19(13-18)21(25)23-14-17-7-4-6-16(3)12-17/h4-9,12-13,15H,10-11,14H2,1-3H3,(H,22,24)(H,23,25). The smallest absolute Gasteiger partial charge is 0.251 e. The van der Waals surface area contributed by atoms with Crippen LogP contribution >= 0.6 is 0 Å². The molecule has 0 spiro atoms. The van der Waals surface area contributed by atoms with Crippen molar-refractivity contribution in [2.75, 3.05) is 6.54 Å². The Morgan fingerprint density at radius 3 is 2.20 bits per heavy atom. The topological polar surface area (TPSA) is 58.2 Å². The Balaban J connectivity index is 1.95. The van der Waals surface area contributed by atoms with E-state index >= 15 is 0 Å². The summed E-state index contributed by atoms with van der Waals surface area (Å²) in [7, 11) is 0. The molecule has 2 rings (SSSR count). The van der Waals surface area contributed by atoms with Gasteiger partial charge in [0, 0.05) is 24.2 Å². The lowest BCUT2D eigenvalue weighted by atomic mass is 10.1. The van der Waals surface area contributed by atoms with Gasteiger partial charge in [-0.05, 0) is 43.0 Å². The maximum atomic E-state index is 12.3. The summed E-state index contributed by atoms with van der Waals surface area (Å²) in [6, 6.07) is 14.8. The second-order valence-corrected chi connectivity index (χ2v) is 6.69. The van der Waals surface area contributed by atoms with Crippen molar-refractivity contribution in [1.29, 1.82) is 0 Å². The van der Waals surface area contributed by atoms with Crippen molar-refractivity contribution in [3.05, 3.63) is 70.8 Å². The fourth-order valence-corrected chi connectivity index (χ4v) is 2.48. The van der Waals surface area contributed by atoms with Crippen molar-refractivity contribution in [1.82, 2.24) is 10.6 Å². The number of carbonyl (C=O) groups is 2. The average molecular weight is 338 g/mol. The predicted octanol–water partition coefficient (Wildman–Crippen LogP) is 3.70. The normalized spacial score (nSPS) is 10.6. The van der Waals surface area contributed by atoms with Crippen molar-refractivity contribution >= 4 is 11.8 Å². The predicted molar refractivity (Wildman–Crippen MR) is 101 cm³/mol. The third-order valence-electron chi connectivity index (χ3n) is 3.93. The second kappa shape index (κ2) is 9.02. The molecule has 0 bridgehead atoms. The molecule has 2 N–H and O–H groups in total. The highest BCUT2D eigenvalue weighted by molar-refractivity contribution is 5.99. The molecule has 0 aliphatic heterocycles. The molecule has 0 aromatic heterocycles. The Morgan fingerprint density at radius 1 is 0.920 bits per heavy atom. The van der Waals surface area contributed by atoms with Crippen molar-refractivity contribution in [2.24, 2.45) is 5.92 Å². The van der Waals surface area contributed by atoms with Crippen LogP contribution in [-0.4, -0.2) is 18.4 Å². The van der Waals surface area contributed by atoms with Crippen LogP contribution in [0.15, 0.2) is 48.5 Å². The number of benzene rings is 2. The Kier molecular flexibility index (Phi) is 6.75. The summed E-state index contributed by atoms with van der Waals surface area (Å²) in [5.41, 5.74) is 3.21. The first-order valence-corrected chi connectivity index (χ1v) is 8.67. The Bertz CT molecular complexity index is 738. The van der Waals surface area contributed by atoms with Gasteiger partial charge >= 0.3 is 0 Å². The molecule has 0 saturated heterocycles. The molecule has 4 nitrogen and oxygen atoms in total. The molecule has 0 fully saturated rings. The minimum absolute atomic E-state index is 0.144.